The Bertz CT molecular complexity index is 223. The van der Waals surface area contributed by atoms with Crippen molar-refractivity contribution >= 4 is 5.97 Å². The van der Waals surface area contributed by atoms with Crippen LogP contribution >= 0.6 is 0 Å². The van der Waals surface area contributed by atoms with Gasteiger partial charge in [-0.3, -0.25) is 4.79 Å². The molecule has 1 rings (SSSR count). The molecule has 0 bridgehead atoms. The molecule has 0 spiro atoms. The van der Waals surface area contributed by atoms with Gasteiger partial charge in [-0.2, -0.15) is 0 Å². The Kier molecular flexibility index (Phi) is 12.6. The van der Waals surface area contributed by atoms with Crippen molar-refractivity contribution in [2.24, 2.45) is 11.3 Å². The molecule has 1 saturated heterocycles. The Morgan fingerprint density at radius 1 is 1.28 bits per heavy atom. The van der Waals surface area contributed by atoms with Crippen LogP contribution in [0.15, 0.2) is 0 Å². The summed E-state index contributed by atoms with van der Waals surface area (Å²) in [6.07, 6.45) is 2.82. The number of carboxylic acids is 1. The molecule has 0 saturated carbocycles. The van der Waals surface area contributed by atoms with Gasteiger partial charge in [-0.15, -0.1) is 0 Å². The average Bonchev–Trinajstić information content (AvgIpc) is 2.14. The largest absolute Gasteiger partial charge is 1.00 e. The SMILES string of the molecule is CC(C)(C)CCN1CCC(C(=O)O)CC1.O.[Li+].[OH-]. The molecule has 0 radical (unpaired) electrons. The first-order valence-electron chi connectivity index (χ1n) is 5.84. The van der Waals surface area contributed by atoms with Crippen molar-refractivity contribution in [1.82, 2.24) is 4.90 Å². The van der Waals surface area contributed by atoms with E-state index in [1.807, 2.05) is 0 Å². The quantitative estimate of drug-likeness (QED) is 0.602. The fourth-order valence-electron chi connectivity index (χ4n) is 1.90. The summed E-state index contributed by atoms with van der Waals surface area (Å²) in [5.74, 6) is -0.721. The second kappa shape index (κ2) is 9.82. The van der Waals surface area contributed by atoms with Crippen molar-refractivity contribution in [2.45, 2.75) is 40.0 Å². The molecule has 0 atom stereocenters. The Morgan fingerprint density at radius 3 is 2.06 bits per heavy atom. The first-order valence-corrected chi connectivity index (χ1v) is 5.84. The summed E-state index contributed by atoms with van der Waals surface area (Å²) in [5, 5.41) is 8.87. The molecule has 5 nitrogen and oxygen atoms in total. The molecule has 4 N–H and O–H groups in total. The summed E-state index contributed by atoms with van der Waals surface area (Å²) < 4.78 is 0. The Labute approximate surface area is 122 Å². The minimum absolute atomic E-state index is 0. The molecule has 1 fully saturated rings. The smallest absolute Gasteiger partial charge is 0.870 e. The van der Waals surface area contributed by atoms with Gasteiger partial charge >= 0.3 is 24.8 Å². The minimum atomic E-state index is -0.620. The maximum Gasteiger partial charge on any atom is 1.00 e. The summed E-state index contributed by atoms with van der Waals surface area (Å²) in [6.45, 7) is 9.75. The second-order valence-electron chi connectivity index (χ2n) is 5.76. The third kappa shape index (κ3) is 8.95. The first kappa shape index (κ1) is 23.1. The van der Waals surface area contributed by atoms with E-state index in [2.05, 4.69) is 25.7 Å². The third-order valence-corrected chi connectivity index (χ3v) is 3.11. The molecular weight excluding hydrogens is 229 g/mol. The van der Waals surface area contributed by atoms with Crippen LogP contribution in [0.25, 0.3) is 0 Å². The molecule has 1 aliphatic heterocycles. The molecule has 1 aliphatic rings. The van der Waals surface area contributed by atoms with Gasteiger partial charge in [-0.1, -0.05) is 20.8 Å². The normalized spacial score (nSPS) is 17.1. The Hall–Kier alpha value is -0.0526. The van der Waals surface area contributed by atoms with Gasteiger partial charge in [-0.05, 0) is 44.3 Å². The molecule has 1 heterocycles. The van der Waals surface area contributed by atoms with Gasteiger partial charge < -0.3 is 21.0 Å². The van der Waals surface area contributed by atoms with Crippen molar-refractivity contribution in [3.8, 4) is 0 Å². The van der Waals surface area contributed by atoms with Crippen molar-refractivity contribution in [1.29, 1.82) is 0 Å². The van der Waals surface area contributed by atoms with E-state index in [0.29, 0.717) is 5.41 Å². The summed E-state index contributed by atoms with van der Waals surface area (Å²) in [7, 11) is 0. The number of carboxylic acid groups (broad SMARTS) is 1. The zero-order valence-electron chi connectivity index (χ0n) is 12.1. The zero-order valence-corrected chi connectivity index (χ0v) is 12.1. The van der Waals surface area contributed by atoms with Crippen LogP contribution in [0.4, 0.5) is 0 Å². The Morgan fingerprint density at radius 2 is 1.72 bits per heavy atom. The van der Waals surface area contributed by atoms with Crippen LogP contribution in [0, 0.1) is 11.3 Å². The predicted molar refractivity (Wildman–Crippen MR) is 66.4 cm³/mol. The van der Waals surface area contributed by atoms with Crippen LogP contribution in [0.2, 0.25) is 0 Å². The molecule has 104 valence electrons. The van der Waals surface area contributed by atoms with Crippen LogP contribution in [-0.4, -0.2) is 46.6 Å². The van der Waals surface area contributed by atoms with Gasteiger partial charge in [-0.25, -0.2) is 0 Å². The Balaban J connectivity index is -0.000000750. The van der Waals surface area contributed by atoms with Crippen LogP contribution in [0.1, 0.15) is 40.0 Å². The summed E-state index contributed by atoms with van der Waals surface area (Å²) in [4.78, 5) is 13.2. The number of hydrogen-bond donors (Lipinski definition) is 1. The van der Waals surface area contributed by atoms with E-state index in [0.717, 1.165) is 32.5 Å². The predicted octanol–water partition coefficient (Wildman–Crippen LogP) is -1.78. The second-order valence-corrected chi connectivity index (χ2v) is 5.76. The third-order valence-electron chi connectivity index (χ3n) is 3.11. The van der Waals surface area contributed by atoms with Crippen LogP contribution in [0.5, 0.6) is 0 Å². The number of piperidine rings is 1. The van der Waals surface area contributed by atoms with Gasteiger partial charge in [0, 0.05) is 0 Å². The topological polar surface area (TPSA) is 102 Å². The number of hydrogen-bond acceptors (Lipinski definition) is 3. The van der Waals surface area contributed by atoms with E-state index in [-0.39, 0.29) is 35.7 Å². The molecule has 18 heavy (non-hydrogen) atoms. The van der Waals surface area contributed by atoms with Gasteiger partial charge in [0.2, 0.25) is 0 Å². The summed E-state index contributed by atoms with van der Waals surface area (Å²) in [5.41, 5.74) is 0.379. The zero-order chi connectivity index (χ0) is 11.5. The van der Waals surface area contributed by atoms with Crippen molar-refractivity contribution in [3.63, 3.8) is 0 Å². The van der Waals surface area contributed by atoms with Crippen LogP contribution in [-0.2, 0) is 4.79 Å². The van der Waals surface area contributed by atoms with Crippen LogP contribution < -0.4 is 18.9 Å². The molecule has 0 aliphatic carbocycles. The maximum absolute atomic E-state index is 10.8. The number of aliphatic carboxylic acids is 1. The van der Waals surface area contributed by atoms with Crippen LogP contribution in [0.3, 0.4) is 0 Å². The van der Waals surface area contributed by atoms with Crippen molar-refractivity contribution < 1.29 is 39.7 Å². The molecule has 0 unspecified atom stereocenters. The van der Waals surface area contributed by atoms with E-state index >= 15 is 0 Å². The molecule has 0 aromatic heterocycles. The standard InChI is InChI=1S/C12H23NO2.Li.2H2O/c1-12(2,3)6-9-13-7-4-10(5-8-13)11(14)15;;;/h10H,4-9H2,1-3H3,(H,14,15);;2*1H2/q;+1;;/p-1. The number of rotatable bonds is 3. The number of carbonyl (C=O) groups is 1. The van der Waals surface area contributed by atoms with Gasteiger partial charge in [0.1, 0.15) is 0 Å². The number of likely N-dealkylation sites (tertiary alicyclic amines) is 1. The van der Waals surface area contributed by atoms with E-state index in [4.69, 9.17) is 5.11 Å². The van der Waals surface area contributed by atoms with Crippen molar-refractivity contribution in [3.05, 3.63) is 0 Å². The van der Waals surface area contributed by atoms with E-state index < -0.39 is 5.97 Å². The van der Waals surface area contributed by atoms with E-state index in [9.17, 15) is 4.79 Å². The van der Waals surface area contributed by atoms with Gasteiger partial charge in [0.15, 0.2) is 0 Å². The van der Waals surface area contributed by atoms with E-state index in [1.54, 1.807) is 0 Å². The fraction of sp³-hybridized carbons (Fsp3) is 0.917. The number of nitrogens with zero attached hydrogens (tertiary/aromatic N) is 1. The average molecular weight is 255 g/mol. The molecule has 0 aromatic carbocycles. The fourth-order valence-corrected chi connectivity index (χ4v) is 1.90. The molecule has 0 amide bonds. The minimum Gasteiger partial charge on any atom is -0.870 e. The summed E-state index contributed by atoms with van der Waals surface area (Å²) in [6, 6.07) is 0. The van der Waals surface area contributed by atoms with Gasteiger partial charge in [0.05, 0.1) is 5.92 Å². The first-order chi connectivity index (χ1) is 6.88. The van der Waals surface area contributed by atoms with Gasteiger partial charge in [0.25, 0.3) is 0 Å². The monoisotopic (exact) mass is 255 g/mol. The molecule has 6 heteroatoms. The maximum atomic E-state index is 10.8. The van der Waals surface area contributed by atoms with Crippen molar-refractivity contribution in [2.75, 3.05) is 19.6 Å². The summed E-state index contributed by atoms with van der Waals surface area (Å²) >= 11 is 0. The molecule has 0 aromatic rings. The molecular formula is C12H26LiNO4. The van der Waals surface area contributed by atoms with E-state index in [1.165, 1.54) is 6.42 Å².